The highest BCUT2D eigenvalue weighted by molar-refractivity contribution is 6.31. The zero-order chi connectivity index (χ0) is 13.0. The Bertz CT molecular complexity index is 442. The maximum absolute atomic E-state index is 13.3. The maximum Gasteiger partial charge on any atom is 0.142 e. The van der Waals surface area contributed by atoms with Crippen molar-refractivity contribution in [3.8, 4) is 0 Å². The van der Waals surface area contributed by atoms with Crippen molar-refractivity contribution in [2.24, 2.45) is 0 Å². The molecule has 1 aliphatic rings. The number of aliphatic hydroxyl groups excluding tert-OH is 1. The Kier molecular flexibility index (Phi) is 4.79. The number of rotatable bonds is 4. The van der Waals surface area contributed by atoms with Crippen molar-refractivity contribution in [3.05, 3.63) is 46.3 Å². The van der Waals surface area contributed by atoms with Crippen molar-refractivity contribution in [2.45, 2.75) is 44.6 Å². The molecular formula is C15H18ClFO. The molecule has 1 aromatic carbocycles. The van der Waals surface area contributed by atoms with Crippen LogP contribution in [-0.4, -0.2) is 11.2 Å². The highest BCUT2D eigenvalue weighted by Crippen LogP contribution is 2.25. The van der Waals surface area contributed by atoms with Gasteiger partial charge in [0.1, 0.15) is 5.82 Å². The molecule has 0 amide bonds. The second kappa shape index (κ2) is 6.35. The summed E-state index contributed by atoms with van der Waals surface area (Å²) in [6, 6.07) is 4.73. The van der Waals surface area contributed by atoms with Gasteiger partial charge in [0.2, 0.25) is 0 Å². The van der Waals surface area contributed by atoms with Gasteiger partial charge in [0.25, 0.3) is 0 Å². The number of aliphatic hydroxyl groups is 1. The lowest BCUT2D eigenvalue weighted by atomic mass is 9.93. The minimum Gasteiger partial charge on any atom is -0.392 e. The van der Waals surface area contributed by atoms with Crippen LogP contribution in [0, 0.1) is 5.82 Å². The average Bonchev–Trinajstić information content (AvgIpc) is 2.36. The molecule has 1 unspecified atom stereocenters. The third-order valence-corrected chi connectivity index (χ3v) is 3.79. The Morgan fingerprint density at radius 2 is 2.11 bits per heavy atom. The first-order chi connectivity index (χ1) is 8.66. The third-order valence-electron chi connectivity index (χ3n) is 3.37. The minimum absolute atomic E-state index is 0.133. The van der Waals surface area contributed by atoms with E-state index in [-0.39, 0.29) is 5.02 Å². The van der Waals surface area contributed by atoms with Gasteiger partial charge in [-0.15, -0.1) is 0 Å². The van der Waals surface area contributed by atoms with Crippen molar-refractivity contribution in [2.75, 3.05) is 0 Å². The molecule has 0 spiro atoms. The Morgan fingerprint density at radius 1 is 1.28 bits per heavy atom. The van der Waals surface area contributed by atoms with E-state index in [1.165, 1.54) is 24.5 Å². The molecule has 1 atom stereocenters. The molecule has 0 fully saturated rings. The molecular weight excluding hydrogens is 251 g/mol. The standard InChI is InChI=1S/C15H18ClFO/c16-15-12(7-4-8-14(15)17)10-13(18)9-11-5-2-1-3-6-11/h4-5,7-8,13,18H,1-3,6,9-10H2. The van der Waals surface area contributed by atoms with Crippen LogP contribution in [-0.2, 0) is 6.42 Å². The second-order valence-electron chi connectivity index (χ2n) is 4.88. The van der Waals surface area contributed by atoms with Crippen molar-refractivity contribution < 1.29 is 9.50 Å². The molecule has 0 radical (unpaired) electrons. The van der Waals surface area contributed by atoms with Gasteiger partial charge in [-0.25, -0.2) is 4.39 Å². The van der Waals surface area contributed by atoms with Gasteiger partial charge in [-0.1, -0.05) is 35.4 Å². The lowest BCUT2D eigenvalue weighted by Gasteiger charge is -2.17. The predicted molar refractivity (Wildman–Crippen MR) is 72.3 cm³/mol. The SMILES string of the molecule is OC(CC1=CCCCC1)Cc1cccc(F)c1Cl. The highest BCUT2D eigenvalue weighted by Gasteiger charge is 2.13. The van der Waals surface area contributed by atoms with Crippen LogP contribution in [0.4, 0.5) is 4.39 Å². The number of hydrogen-bond donors (Lipinski definition) is 1. The Balaban J connectivity index is 1.96. The molecule has 0 bridgehead atoms. The average molecular weight is 269 g/mol. The second-order valence-corrected chi connectivity index (χ2v) is 5.26. The van der Waals surface area contributed by atoms with Crippen LogP contribution in [0.3, 0.4) is 0 Å². The monoisotopic (exact) mass is 268 g/mol. The van der Waals surface area contributed by atoms with Crippen LogP contribution in [0.2, 0.25) is 5.02 Å². The molecule has 1 aromatic rings. The van der Waals surface area contributed by atoms with E-state index in [9.17, 15) is 9.50 Å². The summed E-state index contributed by atoms with van der Waals surface area (Å²) in [5.41, 5.74) is 2.00. The molecule has 0 saturated carbocycles. The van der Waals surface area contributed by atoms with Gasteiger partial charge in [0.05, 0.1) is 11.1 Å². The summed E-state index contributed by atoms with van der Waals surface area (Å²) in [7, 11) is 0. The van der Waals surface area contributed by atoms with Crippen LogP contribution >= 0.6 is 11.6 Å². The van der Waals surface area contributed by atoms with Crippen LogP contribution in [0.5, 0.6) is 0 Å². The van der Waals surface area contributed by atoms with Gasteiger partial charge < -0.3 is 5.11 Å². The first kappa shape index (κ1) is 13.6. The summed E-state index contributed by atoms with van der Waals surface area (Å²) < 4.78 is 13.3. The van der Waals surface area contributed by atoms with Gasteiger partial charge in [-0.05, 0) is 43.7 Å². The van der Waals surface area contributed by atoms with Crippen LogP contribution in [0.25, 0.3) is 0 Å². The van der Waals surface area contributed by atoms with E-state index in [2.05, 4.69) is 6.08 Å². The topological polar surface area (TPSA) is 20.2 Å². The molecule has 0 aromatic heterocycles. The quantitative estimate of drug-likeness (QED) is 0.809. The number of benzene rings is 1. The van der Waals surface area contributed by atoms with Gasteiger partial charge in [0, 0.05) is 6.42 Å². The van der Waals surface area contributed by atoms with E-state index >= 15 is 0 Å². The summed E-state index contributed by atoms with van der Waals surface area (Å²) in [5, 5.41) is 10.2. The summed E-state index contributed by atoms with van der Waals surface area (Å²) in [4.78, 5) is 0. The largest absolute Gasteiger partial charge is 0.392 e. The normalized spacial score (nSPS) is 17.4. The Morgan fingerprint density at radius 3 is 2.83 bits per heavy atom. The molecule has 18 heavy (non-hydrogen) atoms. The Labute approximate surface area is 112 Å². The zero-order valence-electron chi connectivity index (χ0n) is 10.3. The van der Waals surface area contributed by atoms with Crippen LogP contribution < -0.4 is 0 Å². The first-order valence-corrected chi connectivity index (χ1v) is 6.83. The molecule has 0 aliphatic heterocycles. The lowest BCUT2D eigenvalue weighted by Crippen LogP contribution is -2.13. The highest BCUT2D eigenvalue weighted by atomic mass is 35.5. The van der Waals surface area contributed by atoms with Crippen molar-refractivity contribution in [1.29, 1.82) is 0 Å². The van der Waals surface area contributed by atoms with Crippen molar-refractivity contribution in [3.63, 3.8) is 0 Å². The fourth-order valence-electron chi connectivity index (χ4n) is 2.42. The van der Waals surface area contributed by atoms with E-state index in [0.29, 0.717) is 18.4 Å². The summed E-state index contributed by atoms with van der Waals surface area (Å²) in [5.74, 6) is -0.418. The molecule has 1 nitrogen and oxygen atoms in total. The van der Waals surface area contributed by atoms with E-state index < -0.39 is 11.9 Å². The van der Waals surface area contributed by atoms with E-state index in [1.807, 2.05) is 0 Å². The smallest absolute Gasteiger partial charge is 0.142 e. The van der Waals surface area contributed by atoms with E-state index in [4.69, 9.17) is 11.6 Å². The number of hydrogen-bond acceptors (Lipinski definition) is 1. The summed E-state index contributed by atoms with van der Waals surface area (Å²) in [6.45, 7) is 0. The molecule has 1 aliphatic carbocycles. The predicted octanol–water partition coefficient (Wildman–Crippen LogP) is 4.27. The first-order valence-electron chi connectivity index (χ1n) is 6.45. The molecule has 0 heterocycles. The third kappa shape index (κ3) is 3.56. The van der Waals surface area contributed by atoms with E-state index in [1.54, 1.807) is 12.1 Å². The number of halogens is 2. The number of allylic oxidation sites excluding steroid dienone is 1. The summed E-state index contributed by atoms with van der Waals surface area (Å²) in [6.07, 6.45) is 7.47. The molecule has 3 heteroatoms. The van der Waals surface area contributed by atoms with Crippen molar-refractivity contribution >= 4 is 11.6 Å². The molecule has 2 rings (SSSR count). The fourth-order valence-corrected chi connectivity index (χ4v) is 2.63. The minimum atomic E-state index is -0.478. The Hall–Kier alpha value is -0.860. The van der Waals surface area contributed by atoms with Gasteiger partial charge >= 0.3 is 0 Å². The fraction of sp³-hybridized carbons (Fsp3) is 0.467. The van der Waals surface area contributed by atoms with Gasteiger partial charge in [-0.2, -0.15) is 0 Å². The molecule has 98 valence electrons. The summed E-state index contributed by atoms with van der Waals surface area (Å²) >= 11 is 5.88. The van der Waals surface area contributed by atoms with Crippen LogP contribution in [0.15, 0.2) is 29.8 Å². The van der Waals surface area contributed by atoms with Gasteiger partial charge in [0.15, 0.2) is 0 Å². The molecule has 1 N–H and O–H groups in total. The van der Waals surface area contributed by atoms with Crippen LogP contribution in [0.1, 0.15) is 37.7 Å². The molecule has 0 saturated heterocycles. The lowest BCUT2D eigenvalue weighted by molar-refractivity contribution is 0.173. The zero-order valence-corrected chi connectivity index (χ0v) is 11.1. The van der Waals surface area contributed by atoms with Crippen molar-refractivity contribution in [1.82, 2.24) is 0 Å². The maximum atomic E-state index is 13.3. The van der Waals surface area contributed by atoms with Gasteiger partial charge in [-0.3, -0.25) is 0 Å². The van der Waals surface area contributed by atoms with E-state index in [0.717, 1.165) is 12.8 Å².